The van der Waals surface area contributed by atoms with Crippen LogP contribution in [0.1, 0.15) is 57.0 Å². The largest absolute Gasteiger partial charge is 0.466 e. The second-order valence-electron chi connectivity index (χ2n) is 7.14. The first-order valence-corrected chi connectivity index (χ1v) is 8.43. The molecule has 138 valence electrons. The van der Waals surface area contributed by atoms with E-state index in [1.165, 1.54) is 0 Å². The number of esters is 1. The summed E-state index contributed by atoms with van der Waals surface area (Å²) >= 11 is 0. The monoisotopic (exact) mass is 348 g/mol. The van der Waals surface area contributed by atoms with Crippen molar-refractivity contribution in [2.45, 2.75) is 52.5 Å². The number of rotatable bonds is 7. The zero-order valence-electron chi connectivity index (χ0n) is 15.6. The Hall–Kier alpha value is -2.37. The molecule has 6 nitrogen and oxygen atoms in total. The first-order valence-electron chi connectivity index (χ1n) is 8.43. The number of carbonyl (C=O) groups is 3. The van der Waals surface area contributed by atoms with Gasteiger partial charge in [-0.2, -0.15) is 0 Å². The SMILES string of the molecule is CCOC(=O)[C@@H](C)C[C@@H](NC(=O)c1ccc(C(C)(C)C)cc1)C(N)=O. The van der Waals surface area contributed by atoms with Crippen LogP contribution in [0.3, 0.4) is 0 Å². The lowest BCUT2D eigenvalue weighted by molar-refractivity contribution is -0.147. The molecule has 1 aromatic rings. The van der Waals surface area contributed by atoms with Crippen LogP contribution in [0.15, 0.2) is 24.3 Å². The normalized spacial score (nSPS) is 13.6. The highest BCUT2D eigenvalue weighted by atomic mass is 16.5. The topological polar surface area (TPSA) is 98.5 Å². The van der Waals surface area contributed by atoms with Crippen molar-refractivity contribution < 1.29 is 19.1 Å². The fourth-order valence-corrected chi connectivity index (χ4v) is 2.34. The highest BCUT2D eigenvalue weighted by Gasteiger charge is 2.25. The van der Waals surface area contributed by atoms with Gasteiger partial charge in [-0.05, 0) is 36.5 Å². The first-order chi connectivity index (χ1) is 11.6. The Morgan fingerprint density at radius 3 is 2.16 bits per heavy atom. The molecule has 0 aromatic heterocycles. The average Bonchev–Trinajstić information content (AvgIpc) is 2.53. The number of hydrogen-bond acceptors (Lipinski definition) is 4. The van der Waals surface area contributed by atoms with Crippen molar-refractivity contribution in [3.63, 3.8) is 0 Å². The van der Waals surface area contributed by atoms with Gasteiger partial charge in [0.15, 0.2) is 0 Å². The third kappa shape index (κ3) is 6.21. The van der Waals surface area contributed by atoms with Crippen LogP contribution in [0.2, 0.25) is 0 Å². The number of nitrogens with two attached hydrogens (primary N) is 1. The zero-order valence-corrected chi connectivity index (χ0v) is 15.6. The number of primary amides is 1. The summed E-state index contributed by atoms with van der Waals surface area (Å²) in [6, 6.07) is 6.25. The molecule has 0 radical (unpaired) electrons. The maximum Gasteiger partial charge on any atom is 0.308 e. The molecule has 3 N–H and O–H groups in total. The second kappa shape index (κ2) is 8.65. The molecule has 0 fully saturated rings. The van der Waals surface area contributed by atoms with Gasteiger partial charge in [-0.25, -0.2) is 0 Å². The van der Waals surface area contributed by atoms with Crippen molar-refractivity contribution >= 4 is 17.8 Å². The van der Waals surface area contributed by atoms with E-state index < -0.39 is 29.7 Å². The zero-order chi connectivity index (χ0) is 19.2. The molecule has 2 amide bonds. The summed E-state index contributed by atoms with van der Waals surface area (Å²) in [6.07, 6.45) is 0.0972. The van der Waals surface area contributed by atoms with Crippen LogP contribution in [-0.2, 0) is 19.7 Å². The van der Waals surface area contributed by atoms with Crippen LogP contribution in [0.5, 0.6) is 0 Å². The molecule has 0 aliphatic rings. The van der Waals surface area contributed by atoms with Crippen molar-refractivity contribution in [2.24, 2.45) is 11.7 Å². The van der Waals surface area contributed by atoms with Gasteiger partial charge in [0.25, 0.3) is 5.91 Å². The Morgan fingerprint density at radius 2 is 1.72 bits per heavy atom. The van der Waals surface area contributed by atoms with E-state index in [0.717, 1.165) is 5.56 Å². The number of carbonyl (C=O) groups excluding carboxylic acids is 3. The van der Waals surface area contributed by atoms with E-state index in [1.807, 2.05) is 12.1 Å². The van der Waals surface area contributed by atoms with Crippen LogP contribution in [0.25, 0.3) is 0 Å². The number of benzene rings is 1. The fourth-order valence-electron chi connectivity index (χ4n) is 2.34. The maximum absolute atomic E-state index is 12.4. The van der Waals surface area contributed by atoms with Crippen molar-refractivity contribution in [3.05, 3.63) is 35.4 Å². The summed E-state index contributed by atoms with van der Waals surface area (Å²) < 4.78 is 4.92. The lowest BCUT2D eigenvalue weighted by atomic mass is 9.86. The minimum Gasteiger partial charge on any atom is -0.466 e. The van der Waals surface area contributed by atoms with Gasteiger partial charge in [0.05, 0.1) is 12.5 Å². The van der Waals surface area contributed by atoms with Crippen LogP contribution < -0.4 is 11.1 Å². The minimum atomic E-state index is -0.936. The molecule has 2 atom stereocenters. The molecule has 0 aliphatic carbocycles. The van der Waals surface area contributed by atoms with Crippen molar-refractivity contribution in [2.75, 3.05) is 6.61 Å². The lowest BCUT2D eigenvalue weighted by Crippen LogP contribution is -2.46. The van der Waals surface area contributed by atoms with E-state index in [-0.39, 0.29) is 18.4 Å². The van der Waals surface area contributed by atoms with E-state index in [9.17, 15) is 14.4 Å². The summed E-state index contributed by atoms with van der Waals surface area (Å²) in [4.78, 5) is 35.7. The summed E-state index contributed by atoms with van der Waals surface area (Å²) in [5.41, 5.74) is 6.88. The van der Waals surface area contributed by atoms with Crippen molar-refractivity contribution in [1.29, 1.82) is 0 Å². The number of nitrogens with one attached hydrogen (secondary N) is 1. The van der Waals surface area contributed by atoms with E-state index in [0.29, 0.717) is 5.56 Å². The van der Waals surface area contributed by atoms with Crippen LogP contribution in [0, 0.1) is 5.92 Å². The molecular weight excluding hydrogens is 320 g/mol. The van der Waals surface area contributed by atoms with Gasteiger partial charge in [-0.1, -0.05) is 39.8 Å². The van der Waals surface area contributed by atoms with Crippen molar-refractivity contribution in [3.8, 4) is 0 Å². The summed E-state index contributed by atoms with van der Waals surface area (Å²) in [6.45, 7) is 9.86. The quantitative estimate of drug-likeness (QED) is 0.738. The summed E-state index contributed by atoms with van der Waals surface area (Å²) in [7, 11) is 0. The smallest absolute Gasteiger partial charge is 0.308 e. The molecule has 25 heavy (non-hydrogen) atoms. The van der Waals surface area contributed by atoms with Crippen LogP contribution in [-0.4, -0.2) is 30.4 Å². The molecule has 0 unspecified atom stereocenters. The fraction of sp³-hybridized carbons (Fsp3) is 0.526. The van der Waals surface area contributed by atoms with Crippen molar-refractivity contribution in [1.82, 2.24) is 5.32 Å². The Kier molecular flexibility index (Phi) is 7.15. The van der Waals surface area contributed by atoms with Gasteiger partial charge in [-0.15, -0.1) is 0 Å². The molecule has 6 heteroatoms. The predicted molar refractivity (Wildman–Crippen MR) is 96.0 cm³/mol. The third-order valence-electron chi connectivity index (χ3n) is 3.94. The molecule has 1 aromatic carbocycles. The molecule has 0 aliphatic heterocycles. The average molecular weight is 348 g/mol. The Labute approximate surface area is 149 Å². The van der Waals surface area contributed by atoms with Gasteiger partial charge in [0.1, 0.15) is 6.04 Å². The van der Waals surface area contributed by atoms with Gasteiger partial charge in [0, 0.05) is 5.56 Å². The molecule has 1 rings (SSSR count). The molecular formula is C19H28N2O4. The summed E-state index contributed by atoms with van der Waals surface area (Å²) in [5, 5.41) is 2.60. The molecule has 0 saturated carbocycles. The van der Waals surface area contributed by atoms with Gasteiger partial charge >= 0.3 is 5.97 Å². The van der Waals surface area contributed by atoms with Crippen LogP contribution in [0.4, 0.5) is 0 Å². The van der Waals surface area contributed by atoms with E-state index >= 15 is 0 Å². The molecule has 0 bridgehead atoms. The predicted octanol–water partition coefficient (Wildman–Crippen LogP) is 2.16. The van der Waals surface area contributed by atoms with E-state index in [2.05, 4.69) is 26.1 Å². The molecule has 0 saturated heterocycles. The van der Waals surface area contributed by atoms with Gasteiger partial charge in [0.2, 0.25) is 5.91 Å². The van der Waals surface area contributed by atoms with E-state index in [1.54, 1.807) is 26.0 Å². The second-order valence-corrected chi connectivity index (χ2v) is 7.14. The highest BCUT2D eigenvalue weighted by molar-refractivity contribution is 5.97. The molecule has 0 spiro atoms. The minimum absolute atomic E-state index is 0.0141. The maximum atomic E-state index is 12.4. The highest BCUT2D eigenvalue weighted by Crippen LogP contribution is 2.22. The van der Waals surface area contributed by atoms with Gasteiger partial charge in [-0.3, -0.25) is 14.4 Å². The Morgan fingerprint density at radius 1 is 1.16 bits per heavy atom. The Balaban J connectivity index is 2.79. The Bertz CT molecular complexity index is 617. The first kappa shape index (κ1) is 20.7. The summed E-state index contributed by atoms with van der Waals surface area (Å²) in [5.74, 6) is -2.05. The lowest BCUT2D eigenvalue weighted by Gasteiger charge is -2.20. The molecule has 0 heterocycles. The number of hydrogen-bond donors (Lipinski definition) is 2. The van der Waals surface area contributed by atoms with E-state index in [4.69, 9.17) is 10.5 Å². The standard InChI is InChI=1S/C19H28N2O4/c1-6-25-18(24)12(2)11-15(16(20)22)21-17(23)13-7-9-14(10-8-13)19(3,4)5/h7-10,12,15H,6,11H2,1-5H3,(H2,20,22)(H,21,23)/t12-,15+/m0/s1. The number of ether oxygens (including phenoxy) is 1. The van der Waals surface area contributed by atoms with Gasteiger partial charge < -0.3 is 15.8 Å². The third-order valence-corrected chi connectivity index (χ3v) is 3.94. The van der Waals surface area contributed by atoms with Crippen LogP contribution >= 0.6 is 0 Å². The number of amides is 2.